The van der Waals surface area contributed by atoms with E-state index < -0.39 is 0 Å². The van der Waals surface area contributed by atoms with Crippen LogP contribution in [0.25, 0.3) is 10.9 Å². The second-order valence-electron chi connectivity index (χ2n) is 5.55. The van der Waals surface area contributed by atoms with Crippen molar-refractivity contribution in [2.24, 2.45) is 7.05 Å². The van der Waals surface area contributed by atoms with Gasteiger partial charge in [0.05, 0.1) is 0 Å². The van der Waals surface area contributed by atoms with Crippen molar-refractivity contribution in [3.63, 3.8) is 0 Å². The summed E-state index contributed by atoms with van der Waals surface area (Å²) < 4.78 is 2.20. The van der Waals surface area contributed by atoms with Crippen molar-refractivity contribution in [3.05, 3.63) is 71.9 Å². The van der Waals surface area contributed by atoms with E-state index in [1.54, 1.807) is 0 Å². The van der Waals surface area contributed by atoms with Gasteiger partial charge in [0.25, 0.3) is 0 Å². The van der Waals surface area contributed by atoms with Crippen LogP contribution in [0.3, 0.4) is 0 Å². The highest BCUT2D eigenvalue weighted by atomic mass is 14.9. The molecule has 3 aromatic rings. The third kappa shape index (κ3) is 3.34. The predicted octanol–water partition coefficient (Wildman–Crippen LogP) is 3.90. The van der Waals surface area contributed by atoms with E-state index >= 15 is 0 Å². The molecule has 0 bridgehead atoms. The Hall–Kier alpha value is -2.06. The van der Waals surface area contributed by atoms with Crippen molar-refractivity contribution in [3.8, 4) is 0 Å². The summed E-state index contributed by atoms with van der Waals surface area (Å²) in [6.45, 7) is 1.99. The van der Waals surface area contributed by atoms with Crippen LogP contribution in [0.15, 0.2) is 60.8 Å². The highest BCUT2D eigenvalue weighted by molar-refractivity contribution is 5.83. The lowest BCUT2D eigenvalue weighted by molar-refractivity contribution is 0.650. The Labute approximate surface area is 126 Å². The summed E-state index contributed by atoms with van der Waals surface area (Å²) in [7, 11) is 2.11. The molecule has 0 radical (unpaired) electrons. The summed E-state index contributed by atoms with van der Waals surface area (Å²) in [5.41, 5.74) is 4.11. The Morgan fingerprint density at radius 1 is 0.952 bits per heavy atom. The Kier molecular flexibility index (Phi) is 4.37. The van der Waals surface area contributed by atoms with Crippen LogP contribution < -0.4 is 5.32 Å². The summed E-state index contributed by atoms with van der Waals surface area (Å²) >= 11 is 0. The summed E-state index contributed by atoms with van der Waals surface area (Å²) in [6.07, 6.45) is 4.55. The molecular formula is C19H22N2. The number of fused-ring (bicyclic) bond motifs is 1. The van der Waals surface area contributed by atoms with Gasteiger partial charge in [0.1, 0.15) is 0 Å². The van der Waals surface area contributed by atoms with Gasteiger partial charge >= 0.3 is 0 Å². The van der Waals surface area contributed by atoms with Gasteiger partial charge in [-0.25, -0.2) is 0 Å². The first-order valence-corrected chi connectivity index (χ1v) is 7.62. The molecule has 0 aliphatic rings. The maximum Gasteiger partial charge on any atom is 0.0481 e. The van der Waals surface area contributed by atoms with Crippen molar-refractivity contribution >= 4 is 10.9 Å². The van der Waals surface area contributed by atoms with Crippen LogP contribution in [0.1, 0.15) is 17.5 Å². The lowest BCUT2D eigenvalue weighted by Crippen LogP contribution is -2.15. The van der Waals surface area contributed by atoms with Crippen molar-refractivity contribution in [2.75, 3.05) is 6.54 Å². The largest absolute Gasteiger partial charge is 0.350 e. The number of para-hydroxylation sites is 1. The number of rotatable bonds is 6. The Bertz CT molecular complexity index is 698. The average Bonchev–Trinajstić information content (AvgIpc) is 2.85. The van der Waals surface area contributed by atoms with Crippen molar-refractivity contribution in [2.45, 2.75) is 19.4 Å². The van der Waals surface area contributed by atoms with E-state index in [2.05, 4.69) is 77.7 Å². The van der Waals surface area contributed by atoms with Crippen LogP contribution in [0.2, 0.25) is 0 Å². The first-order valence-electron chi connectivity index (χ1n) is 7.62. The Balaban J connectivity index is 1.51. The maximum absolute atomic E-state index is 3.56. The van der Waals surface area contributed by atoms with Crippen molar-refractivity contribution < 1.29 is 0 Å². The van der Waals surface area contributed by atoms with Gasteiger partial charge in [0.2, 0.25) is 0 Å². The van der Waals surface area contributed by atoms with E-state index in [0.717, 1.165) is 19.5 Å². The number of nitrogens with zero attached hydrogens (tertiary/aromatic N) is 1. The predicted molar refractivity (Wildman–Crippen MR) is 89.4 cm³/mol. The molecule has 1 heterocycles. The van der Waals surface area contributed by atoms with Gasteiger partial charge in [0.15, 0.2) is 0 Å². The number of aromatic nitrogens is 1. The fraction of sp³-hybridized carbons (Fsp3) is 0.263. The monoisotopic (exact) mass is 278 g/mol. The van der Waals surface area contributed by atoms with Crippen LogP contribution in [-0.4, -0.2) is 11.1 Å². The Morgan fingerprint density at radius 2 is 1.71 bits per heavy atom. The number of hydrogen-bond donors (Lipinski definition) is 1. The first kappa shape index (κ1) is 13.9. The molecule has 0 aliphatic carbocycles. The minimum atomic E-state index is 0.941. The summed E-state index contributed by atoms with van der Waals surface area (Å²) in [5.74, 6) is 0. The van der Waals surface area contributed by atoms with Crippen molar-refractivity contribution in [1.29, 1.82) is 0 Å². The van der Waals surface area contributed by atoms with E-state index in [4.69, 9.17) is 0 Å². The second-order valence-corrected chi connectivity index (χ2v) is 5.55. The lowest BCUT2D eigenvalue weighted by Gasteiger charge is -2.04. The molecule has 0 amide bonds. The fourth-order valence-electron chi connectivity index (χ4n) is 2.85. The molecule has 0 aliphatic heterocycles. The van der Waals surface area contributed by atoms with E-state index in [9.17, 15) is 0 Å². The molecule has 2 heteroatoms. The summed E-state index contributed by atoms with van der Waals surface area (Å²) in [4.78, 5) is 0. The van der Waals surface area contributed by atoms with E-state index in [0.29, 0.717) is 0 Å². The van der Waals surface area contributed by atoms with Crippen LogP contribution in [0, 0.1) is 0 Å². The third-order valence-corrected chi connectivity index (χ3v) is 3.96. The van der Waals surface area contributed by atoms with Gasteiger partial charge in [0, 0.05) is 30.7 Å². The minimum absolute atomic E-state index is 0.941. The van der Waals surface area contributed by atoms with Crippen molar-refractivity contribution in [1.82, 2.24) is 9.88 Å². The smallest absolute Gasteiger partial charge is 0.0481 e. The van der Waals surface area contributed by atoms with Crippen LogP contribution in [0.5, 0.6) is 0 Å². The number of hydrogen-bond acceptors (Lipinski definition) is 1. The molecule has 0 saturated carbocycles. The molecule has 1 aromatic heterocycles. The zero-order valence-corrected chi connectivity index (χ0v) is 12.5. The first-order chi connectivity index (χ1) is 10.3. The van der Waals surface area contributed by atoms with E-state index in [1.807, 2.05) is 0 Å². The quantitative estimate of drug-likeness (QED) is 0.677. The lowest BCUT2D eigenvalue weighted by atomic mass is 10.1. The van der Waals surface area contributed by atoms with Gasteiger partial charge < -0.3 is 9.88 Å². The molecule has 0 atom stereocenters. The topological polar surface area (TPSA) is 17.0 Å². The molecule has 21 heavy (non-hydrogen) atoms. The third-order valence-electron chi connectivity index (χ3n) is 3.96. The number of nitrogens with one attached hydrogen (secondary N) is 1. The average molecular weight is 278 g/mol. The van der Waals surface area contributed by atoms with E-state index in [-0.39, 0.29) is 0 Å². The summed E-state index contributed by atoms with van der Waals surface area (Å²) in [6, 6.07) is 19.3. The molecule has 0 unspecified atom stereocenters. The molecular weight excluding hydrogens is 256 g/mol. The zero-order valence-electron chi connectivity index (χ0n) is 12.5. The molecule has 0 spiro atoms. The fourth-order valence-corrected chi connectivity index (χ4v) is 2.85. The second kappa shape index (κ2) is 6.59. The highest BCUT2D eigenvalue weighted by Crippen LogP contribution is 2.19. The molecule has 0 fully saturated rings. The summed E-state index contributed by atoms with van der Waals surface area (Å²) in [5, 5.41) is 4.92. The molecule has 3 rings (SSSR count). The molecule has 108 valence electrons. The standard InChI is InChI=1S/C19H22N2/c1-21-15-17(18-11-5-6-12-19(18)21)14-20-13-7-10-16-8-3-2-4-9-16/h2-6,8-9,11-12,15,20H,7,10,13-14H2,1H3. The molecule has 2 aromatic carbocycles. The minimum Gasteiger partial charge on any atom is -0.350 e. The van der Waals surface area contributed by atoms with Gasteiger partial charge in [-0.05, 0) is 36.6 Å². The van der Waals surface area contributed by atoms with Gasteiger partial charge in [-0.2, -0.15) is 0 Å². The van der Waals surface area contributed by atoms with Gasteiger partial charge in [-0.1, -0.05) is 48.5 Å². The number of benzene rings is 2. The van der Waals surface area contributed by atoms with Gasteiger partial charge in [-0.3, -0.25) is 0 Å². The van der Waals surface area contributed by atoms with Crippen LogP contribution in [-0.2, 0) is 20.0 Å². The molecule has 1 N–H and O–H groups in total. The Morgan fingerprint density at radius 3 is 2.57 bits per heavy atom. The molecule has 0 saturated heterocycles. The highest BCUT2D eigenvalue weighted by Gasteiger charge is 2.04. The normalized spacial score (nSPS) is 11.1. The van der Waals surface area contributed by atoms with Crippen LogP contribution in [0.4, 0.5) is 0 Å². The zero-order chi connectivity index (χ0) is 14.5. The van der Waals surface area contributed by atoms with Gasteiger partial charge in [-0.15, -0.1) is 0 Å². The van der Waals surface area contributed by atoms with E-state index in [1.165, 1.54) is 28.5 Å². The number of aryl methyl sites for hydroxylation is 2. The maximum atomic E-state index is 3.56. The molecule has 2 nitrogen and oxygen atoms in total. The van der Waals surface area contributed by atoms with Crippen LogP contribution >= 0.6 is 0 Å². The SMILES string of the molecule is Cn1cc(CNCCCc2ccccc2)c2ccccc21.